The highest BCUT2D eigenvalue weighted by molar-refractivity contribution is 5.95. The third-order valence-corrected chi connectivity index (χ3v) is 4.25. The van der Waals surface area contributed by atoms with Crippen LogP contribution in [0.4, 0.5) is 5.69 Å². The molecule has 146 valence electrons. The molecule has 1 amide bonds. The second kappa shape index (κ2) is 9.90. The summed E-state index contributed by atoms with van der Waals surface area (Å²) in [4.78, 5) is 25.9. The highest BCUT2D eigenvalue weighted by atomic mass is 16.6. The van der Waals surface area contributed by atoms with Crippen LogP contribution in [0.25, 0.3) is 10.8 Å². The Labute approximate surface area is 168 Å². The molecule has 29 heavy (non-hydrogen) atoms. The van der Waals surface area contributed by atoms with Crippen molar-refractivity contribution in [1.29, 1.82) is 5.26 Å². The first-order valence-electron chi connectivity index (χ1n) is 9.17. The first-order valence-corrected chi connectivity index (χ1v) is 9.17. The van der Waals surface area contributed by atoms with Crippen LogP contribution in [-0.2, 0) is 14.3 Å². The normalized spacial score (nSPS) is 10.2. The predicted octanol–water partition coefficient (Wildman–Crippen LogP) is 3.71. The Hall–Kier alpha value is -3.85. The number of nitrogens with zero attached hydrogens (tertiary/aromatic N) is 2. The second-order valence-electron chi connectivity index (χ2n) is 6.25. The van der Waals surface area contributed by atoms with Gasteiger partial charge in [-0.15, -0.1) is 0 Å². The number of amides is 1. The first kappa shape index (κ1) is 19.9. The third-order valence-electron chi connectivity index (χ3n) is 4.25. The van der Waals surface area contributed by atoms with Crippen molar-refractivity contribution < 1.29 is 19.1 Å². The number of anilines is 1. The number of nitriles is 1. The molecule has 0 N–H and O–H groups in total. The number of carbonyl (C=O) groups excluding carboxylic acids is 2. The summed E-state index contributed by atoms with van der Waals surface area (Å²) in [6.07, 6.45) is 0.180. The zero-order chi connectivity index (χ0) is 20.5. The second-order valence-corrected chi connectivity index (χ2v) is 6.25. The number of hydrogen-bond acceptors (Lipinski definition) is 5. The summed E-state index contributed by atoms with van der Waals surface area (Å²) in [5, 5.41) is 10.9. The van der Waals surface area contributed by atoms with Gasteiger partial charge in [-0.2, -0.15) is 5.26 Å². The summed E-state index contributed by atoms with van der Waals surface area (Å²) in [5.41, 5.74) is 0.649. The van der Waals surface area contributed by atoms with Gasteiger partial charge in [0.2, 0.25) is 0 Å². The minimum Gasteiger partial charge on any atom is -0.482 e. The van der Waals surface area contributed by atoms with Crippen molar-refractivity contribution in [2.24, 2.45) is 0 Å². The van der Waals surface area contributed by atoms with Crippen molar-refractivity contribution >= 4 is 28.3 Å². The molecule has 6 nitrogen and oxygen atoms in total. The smallest absolute Gasteiger partial charge is 0.344 e. The van der Waals surface area contributed by atoms with E-state index < -0.39 is 18.5 Å². The van der Waals surface area contributed by atoms with Gasteiger partial charge in [0.1, 0.15) is 5.75 Å². The van der Waals surface area contributed by atoms with Crippen LogP contribution in [0.15, 0.2) is 72.8 Å². The van der Waals surface area contributed by atoms with Crippen LogP contribution < -0.4 is 9.64 Å². The van der Waals surface area contributed by atoms with Gasteiger partial charge in [0, 0.05) is 12.2 Å². The summed E-state index contributed by atoms with van der Waals surface area (Å²) >= 11 is 0. The van der Waals surface area contributed by atoms with Crippen LogP contribution in [0, 0.1) is 11.3 Å². The Balaban J connectivity index is 1.53. The molecule has 3 aromatic rings. The lowest BCUT2D eigenvalue weighted by Crippen LogP contribution is -2.36. The molecular weight excluding hydrogens is 368 g/mol. The number of hydrogen-bond donors (Lipinski definition) is 0. The van der Waals surface area contributed by atoms with Gasteiger partial charge < -0.3 is 14.4 Å². The minimum atomic E-state index is -0.639. The average molecular weight is 388 g/mol. The van der Waals surface area contributed by atoms with Crippen molar-refractivity contribution in [3.8, 4) is 11.8 Å². The molecule has 0 fully saturated rings. The van der Waals surface area contributed by atoms with Crippen molar-refractivity contribution in [3.05, 3.63) is 72.8 Å². The Kier molecular flexibility index (Phi) is 6.80. The van der Waals surface area contributed by atoms with E-state index in [1.54, 1.807) is 30.3 Å². The zero-order valence-electron chi connectivity index (χ0n) is 15.8. The fourth-order valence-corrected chi connectivity index (χ4v) is 2.83. The third kappa shape index (κ3) is 5.56. The van der Waals surface area contributed by atoms with Gasteiger partial charge in [-0.25, -0.2) is 4.79 Å². The number of esters is 1. The van der Waals surface area contributed by atoms with Gasteiger partial charge in [-0.05, 0) is 35.0 Å². The maximum Gasteiger partial charge on any atom is 0.344 e. The lowest BCUT2D eigenvalue weighted by atomic mass is 10.1. The van der Waals surface area contributed by atoms with Crippen molar-refractivity contribution in [2.75, 3.05) is 24.7 Å². The summed E-state index contributed by atoms with van der Waals surface area (Å²) in [5.74, 6) is -0.489. The molecule has 0 unspecified atom stereocenters. The Morgan fingerprint density at radius 3 is 2.38 bits per heavy atom. The van der Waals surface area contributed by atoms with Crippen LogP contribution in [0.5, 0.6) is 5.75 Å². The SMILES string of the molecule is N#CCCN(C(=O)COC(=O)COc1ccc2ccccc2c1)c1ccccc1. The van der Waals surface area contributed by atoms with Gasteiger partial charge in [0.25, 0.3) is 5.91 Å². The molecule has 0 saturated carbocycles. The number of para-hydroxylation sites is 1. The Morgan fingerprint density at radius 1 is 0.897 bits per heavy atom. The van der Waals surface area contributed by atoms with Crippen LogP contribution in [0.2, 0.25) is 0 Å². The maximum atomic E-state index is 12.5. The molecule has 0 heterocycles. The maximum absolute atomic E-state index is 12.5. The molecule has 0 atom stereocenters. The van der Waals surface area contributed by atoms with E-state index in [1.165, 1.54) is 4.90 Å². The molecule has 0 aliphatic heterocycles. The number of benzene rings is 3. The van der Waals surface area contributed by atoms with Crippen molar-refractivity contribution in [1.82, 2.24) is 0 Å². The molecule has 0 saturated heterocycles. The molecule has 3 rings (SSSR count). The average Bonchev–Trinajstić information content (AvgIpc) is 2.77. The van der Waals surface area contributed by atoms with Crippen LogP contribution in [0.3, 0.4) is 0 Å². The van der Waals surface area contributed by atoms with E-state index in [0.717, 1.165) is 10.8 Å². The van der Waals surface area contributed by atoms with E-state index >= 15 is 0 Å². The number of carbonyl (C=O) groups is 2. The van der Waals surface area contributed by atoms with Gasteiger partial charge in [-0.3, -0.25) is 4.79 Å². The van der Waals surface area contributed by atoms with E-state index in [4.69, 9.17) is 14.7 Å². The predicted molar refractivity (Wildman–Crippen MR) is 109 cm³/mol. The first-order chi connectivity index (χ1) is 14.2. The van der Waals surface area contributed by atoms with Crippen molar-refractivity contribution in [3.63, 3.8) is 0 Å². The Morgan fingerprint density at radius 2 is 1.62 bits per heavy atom. The standard InChI is InChI=1S/C23H20N2O4/c24-13-6-14-25(20-9-2-1-3-10-20)22(26)16-29-23(27)17-28-21-12-11-18-7-4-5-8-19(18)15-21/h1-5,7-12,15H,6,14,16-17H2. The lowest BCUT2D eigenvalue weighted by molar-refractivity contribution is -0.149. The van der Waals surface area contributed by atoms with Gasteiger partial charge in [-0.1, -0.05) is 48.5 Å². The van der Waals surface area contributed by atoms with Crippen LogP contribution in [0.1, 0.15) is 6.42 Å². The minimum absolute atomic E-state index is 0.180. The molecule has 0 aromatic heterocycles. The Bertz CT molecular complexity index is 1030. The molecule has 0 bridgehead atoms. The van der Waals surface area contributed by atoms with E-state index in [-0.39, 0.29) is 19.6 Å². The monoisotopic (exact) mass is 388 g/mol. The summed E-state index contributed by atoms with van der Waals surface area (Å²) in [7, 11) is 0. The van der Waals surface area contributed by atoms with Gasteiger partial charge >= 0.3 is 5.97 Å². The van der Waals surface area contributed by atoms with Crippen molar-refractivity contribution in [2.45, 2.75) is 6.42 Å². The topological polar surface area (TPSA) is 79.6 Å². The molecule has 0 aliphatic rings. The van der Waals surface area contributed by atoms with Gasteiger partial charge in [0.15, 0.2) is 13.2 Å². The van der Waals surface area contributed by atoms with Crippen LogP contribution >= 0.6 is 0 Å². The molecule has 0 aliphatic carbocycles. The molecular formula is C23H20N2O4. The molecule has 0 radical (unpaired) electrons. The summed E-state index contributed by atoms with van der Waals surface area (Å²) in [6.45, 7) is -0.486. The number of fused-ring (bicyclic) bond motifs is 1. The quantitative estimate of drug-likeness (QED) is 0.550. The van der Waals surface area contributed by atoms with E-state index in [9.17, 15) is 9.59 Å². The highest BCUT2D eigenvalue weighted by Crippen LogP contribution is 2.20. The number of rotatable bonds is 8. The molecule has 0 spiro atoms. The molecule has 3 aromatic carbocycles. The van der Waals surface area contributed by atoms with E-state index in [0.29, 0.717) is 11.4 Å². The highest BCUT2D eigenvalue weighted by Gasteiger charge is 2.17. The van der Waals surface area contributed by atoms with Gasteiger partial charge in [0.05, 0.1) is 12.5 Å². The zero-order valence-corrected chi connectivity index (χ0v) is 15.8. The number of ether oxygens (including phenoxy) is 2. The fourth-order valence-electron chi connectivity index (χ4n) is 2.83. The van der Waals surface area contributed by atoms with E-state index in [2.05, 4.69) is 0 Å². The fraction of sp³-hybridized carbons (Fsp3) is 0.174. The molecule has 6 heteroatoms. The summed E-state index contributed by atoms with van der Waals surface area (Å²) < 4.78 is 10.5. The largest absolute Gasteiger partial charge is 0.482 e. The van der Waals surface area contributed by atoms with E-state index in [1.807, 2.05) is 48.5 Å². The van der Waals surface area contributed by atoms with Crippen LogP contribution in [-0.4, -0.2) is 31.6 Å². The summed E-state index contributed by atoms with van der Waals surface area (Å²) in [6, 6.07) is 24.3. The lowest BCUT2D eigenvalue weighted by Gasteiger charge is -2.21.